The predicted octanol–water partition coefficient (Wildman–Crippen LogP) is 3.92. The van der Waals surface area contributed by atoms with Crippen molar-refractivity contribution < 1.29 is 9.53 Å². The van der Waals surface area contributed by atoms with Gasteiger partial charge >= 0.3 is 0 Å². The molecule has 1 amide bonds. The minimum absolute atomic E-state index is 0.00457. The molecule has 26 heavy (non-hydrogen) atoms. The summed E-state index contributed by atoms with van der Waals surface area (Å²) in [5, 5.41) is 3.06. The van der Waals surface area contributed by atoms with Gasteiger partial charge in [0.1, 0.15) is 24.7 Å². The average molecular weight is 351 g/mol. The van der Waals surface area contributed by atoms with Gasteiger partial charge in [-0.15, -0.1) is 0 Å². The monoisotopic (exact) mass is 351 g/mol. The third-order valence-electron chi connectivity index (χ3n) is 4.28. The van der Waals surface area contributed by atoms with E-state index in [1.54, 1.807) is 0 Å². The van der Waals surface area contributed by atoms with E-state index in [2.05, 4.69) is 17.2 Å². The van der Waals surface area contributed by atoms with E-state index in [0.717, 1.165) is 35.4 Å². The first-order chi connectivity index (χ1) is 12.7. The second kappa shape index (κ2) is 8.52. The van der Waals surface area contributed by atoms with E-state index < -0.39 is 0 Å². The van der Waals surface area contributed by atoms with Crippen molar-refractivity contribution in [2.75, 3.05) is 0 Å². The zero-order chi connectivity index (χ0) is 18.4. The molecule has 0 bridgehead atoms. The SMILES string of the molecule is CCCC(C)NC(=O)Cn1c(COc2ccccc2)nc2ccccc21. The highest BCUT2D eigenvalue weighted by atomic mass is 16.5. The number of benzene rings is 2. The van der Waals surface area contributed by atoms with Crippen molar-refractivity contribution in [1.82, 2.24) is 14.9 Å². The Labute approximate surface area is 154 Å². The first kappa shape index (κ1) is 18.0. The van der Waals surface area contributed by atoms with Crippen LogP contribution in [0, 0.1) is 0 Å². The number of hydrogen-bond donors (Lipinski definition) is 1. The van der Waals surface area contributed by atoms with Gasteiger partial charge in [-0.2, -0.15) is 0 Å². The van der Waals surface area contributed by atoms with Crippen molar-refractivity contribution in [2.24, 2.45) is 0 Å². The molecule has 0 spiro atoms. The summed E-state index contributed by atoms with van der Waals surface area (Å²) in [6.07, 6.45) is 2.02. The highest BCUT2D eigenvalue weighted by molar-refractivity contribution is 5.81. The lowest BCUT2D eigenvalue weighted by atomic mass is 10.2. The zero-order valence-electron chi connectivity index (χ0n) is 15.3. The first-order valence-electron chi connectivity index (χ1n) is 9.08. The van der Waals surface area contributed by atoms with E-state index in [9.17, 15) is 4.79 Å². The molecule has 0 fully saturated rings. The molecule has 0 aliphatic heterocycles. The average Bonchev–Trinajstić information content (AvgIpc) is 2.98. The summed E-state index contributed by atoms with van der Waals surface area (Å²) >= 11 is 0. The molecular formula is C21H25N3O2. The number of amides is 1. The van der Waals surface area contributed by atoms with Gasteiger partial charge in [0, 0.05) is 6.04 Å². The summed E-state index contributed by atoms with van der Waals surface area (Å²) in [6.45, 7) is 4.70. The number of carbonyl (C=O) groups excluding carboxylic acids is 1. The molecule has 0 aliphatic carbocycles. The van der Waals surface area contributed by atoms with Gasteiger partial charge in [0.2, 0.25) is 5.91 Å². The number of rotatable bonds is 8. The van der Waals surface area contributed by atoms with Crippen LogP contribution in [-0.4, -0.2) is 21.5 Å². The van der Waals surface area contributed by atoms with E-state index in [4.69, 9.17) is 4.74 Å². The summed E-state index contributed by atoms with van der Waals surface area (Å²) in [6, 6.07) is 17.6. The molecule has 1 N–H and O–H groups in total. The molecule has 136 valence electrons. The quantitative estimate of drug-likeness (QED) is 0.669. The van der Waals surface area contributed by atoms with Crippen LogP contribution in [0.15, 0.2) is 54.6 Å². The Morgan fingerprint density at radius 2 is 1.88 bits per heavy atom. The molecule has 3 aromatic rings. The van der Waals surface area contributed by atoms with Gasteiger partial charge in [-0.1, -0.05) is 43.7 Å². The van der Waals surface area contributed by atoms with Crippen molar-refractivity contribution in [3.8, 4) is 5.75 Å². The second-order valence-corrected chi connectivity index (χ2v) is 6.46. The smallest absolute Gasteiger partial charge is 0.240 e. The zero-order valence-corrected chi connectivity index (χ0v) is 15.3. The number of para-hydroxylation sites is 3. The van der Waals surface area contributed by atoms with Crippen LogP contribution < -0.4 is 10.1 Å². The van der Waals surface area contributed by atoms with Crippen LogP contribution in [0.1, 0.15) is 32.5 Å². The van der Waals surface area contributed by atoms with Crippen LogP contribution in [0.2, 0.25) is 0 Å². The van der Waals surface area contributed by atoms with Crippen molar-refractivity contribution in [2.45, 2.75) is 45.9 Å². The van der Waals surface area contributed by atoms with Crippen LogP contribution in [0.3, 0.4) is 0 Å². The van der Waals surface area contributed by atoms with E-state index in [0.29, 0.717) is 6.61 Å². The maximum atomic E-state index is 12.5. The summed E-state index contributed by atoms with van der Waals surface area (Å²) in [7, 11) is 0. The Morgan fingerprint density at radius 3 is 2.65 bits per heavy atom. The number of fused-ring (bicyclic) bond motifs is 1. The van der Waals surface area contributed by atoms with Crippen LogP contribution >= 0.6 is 0 Å². The maximum absolute atomic E-state index is 12.5. The van der Waals surface area contributed by atoms with Gasteiger partial charge in [-0.05, 0) is 37.6 Å². The van der Waals surface area contributed by atoms with Crippen molar-refractivity contribution in [3.63, 3.8) is 0 Å². The number of nitrogens with zero attached hydrogens (tertiary/aromatic N) is 2. The van der Waals surface area contributed by atoms with Crippen LogP contribution in [0.25, 0.3) is 11.0 Å². The molecule has 5 nitrogen and oxygen atoms in total. The van der Waals surface area contributed by atoms with E-state index in [1.165, 1.54) is 0 Å². The Bertz CT molecular complexity index is 858. The highest BCUT2D eigenvalue weighted by Crippen LogP contribution is 2.18. The molecule has 1 unspecified atom stereocenters. The number of imidazole rings is 1. The van der Waals surface area contributed by atoms with Gasteiger partial charge < -0.3 is 14.6 Å². The van der Waals surface area contributed by atoms with Gasteiger partial charge in [0.25, 0.3) is 0 Å². The Morgan fingerprint density at radius 1 is 1.15 bits per heavy atom. The van der Waals surface area contributed by atoms with Crippen LogP contribution in [0.4, 0.5) is 0 Å². The summed E-state index contributed by atoms with van der Waals surface area (Å²) < 4.78 is 7.79. The van der Waals surface area contributed by atoms with Crippen LogP contribution in [0.5, 0.6) is 5.75 Å². The lowest BCUT2D eigenvalue weighted by Crippen LogP contribution is -2.35. The molecule has 1 atom stereocenters. The van der Waals surface area contributed by atoms with E-state index >= 15 is 0 Å². The topological polar surface area (TPSA) is 56.2 Å². The molecule has 5 heteroatoms. The largest absolute Gasteiger partial charge is 0.486 e. The lowest BCUT2D eigenvalue weighted by molar-refractivity contribution is -0.122. The normalized spacial score (nSPS) is 12.1. The molecule has 0 aliphatic rings. The third-order valence-corrected chi connectivity index (χ3v) is 4.28. The number of ether oxygens (including phenoxy) is 1. The van der Waals surface area contributed by atoms with Gasteiger partial charge in [0.15, 0.2) is 0 Å². The Hall–Kier alpha value is -2.82. The first-order valence-corrected chi connectivity index (χ1v) is 9.08. The van der Waals surface area contributed by atoms with Crippen molar-refractivity contribution in [3.05, 3.63) is 60.4 Å². The molecular weight excluding hydrogens is 326 g/mol. The number of nitrogens with one attached hydrogen (secondary N) is 1. The summed E-state index contributed by atoms with van der Waals surface area (Å²) in [5.41, 5.74) is 1.81. The lowest BCUT2D eigenvalue weighted by Gasteiger charge is -2.15. The highest BCUT2D eigenvalue weighted by Gasteiger charge is 2.15. The fourth-order valence-electron chi connectivity index (χ4n) is 3.05. The molecule has 0 radical (unpaired) electrons. The van der Waals surface area contributed by atoms with E-state index in [1.807, 2.05) is 66.1 Å². The summed E-state index contributed by atoms with van der Waals surface area (Å²) in [4.78, 5) is 17.1. The second-order valence-electron chi connectivity index (χ2n) is 6.46. The van der Waals surface area contributed by atoms with Crippen LogP contribution in [-0.2, 0) is 17.9 Å². The standard InChI is InChI=1S/C21H25N3O2/c1-3-9-16(2)22-21(25)14-24-19-13-8-7-12-18(19)23-20(24)15-26-17-10-5-4-6-11-17/h4-8,10-13,16H,3,9,14-15H2,1-2H3,(H,22,25). The minimum Gasteiger partial charge on any atom is -0.486 e. The molecule has 2 aromatic carbocycles. The summed E-state index contributed by atoms with van der Waals surface area (Å²) in [5.74, 6) is 1.52. The fourth-order valence-corrected chi connectivity index (χ4v) is 3.05. The third kappa shape index (κ3) is 4.42. The predicted molar refractivity (Wildman–Crippen MR) is 103 cm³/mol. The molecule has 0 saturated heterocycles. The fraction of sp³-hybridized carbons (Fsp3) is 0.333. The number of hydrogen-bond acceptors (Lipinski definition) is 3. The van der Waals surface area contributed by atoms with Gasteiger partial charge in [0.05, 0.1) is 11.0 Å². The molecule has 3 rings (SSSR count). The molecule has 1 heterocycles. The molecule has 1 aromatic heterocycles. The Kier molecular flexibility index (Phi) is 5.89. The van der Waals surface area contributed by atoms with Crippen molar-refractivity contribution >= 4 is 16.9 Å². The number of carbonyl (C=O) groups is 1. The van der Waals surface area contributed by atoms with Gasteiger partial charge in [-0.25, -0.2) is 4.98 Å². The minimum atomic E-state index is -0.00457. The maximum Gasteiger partial charge on any atom is 0.240 e. The van der Waals surface area contributed by atoms with Gasteiger partial charge in [-0.3, -0.25) is 4.79 Å². The van der Waals surface area contributed by atoms with Crippen molar-refractivity contribution in [1.29, 1.82) is 0 Å². The number of aromatic nitrogens is 2. The Balaban J connectivity index is 1.79. The molecule has 0 saturated carbocycles. The van der Waals surface area contributed by atoms with E-state index in [-0.39, 0.29) is 18.5 Å².